The zero-order valence-corrected chi connectivity index (χ0v) is 18.8. The summed E-state index contributed by atoms with van der Waals surface area (Å²) >= 11 is 0. The molecule has 0 aromatic carbocycles. The number of esters is 1. The molecule has 1 aliphatic carbocycles. The zero-order chi connectivity index (χ0) is 20.3. The molecule has 2 heteroatoms. The predicted molar refractivity (Wildman–Crippen MR) is 121 cm³/mol. The van der Waals surface area contributed by atoms with E-state index >= 15 is 0 Å². The van der Waals surface area contributed by atoms with Crippen LogP contribution in [-0.4, -0.2) is 12.6 Å². The zero-order valence-electron chi connectivity index (χ0n) is 18.8. The fourth-order valence-electron chi connectivity index (χ4n) is 4.43. The van der Waals surface area contributed by atoms with Gasteiger partial charge in [-0.05, 0) is 31.1 Å². The molecule has 0 N–H and O–H groups in total. The van der Waals surface area contributed by atoms with E-state index in [2.05, 4.69) is 19.9 Å². The van der Waals surface area contributed by atoms with Crippen molar-refractivity contribution in [1.29, 1.82) is 0 Å². The Labute approximate surface area is 175 Å². The van der Waals surface area contributed by atoms with Crippen molar-refractivity contribution >= 4 is 5.97 Å². The Morgan fingerprint density at radius 1 is 0.821 bits per heavy atom. The highest BCUT2D eigenvalue weighted by Crippen LogP contribution is 2.38. The van der Waals surface area contributed by atoms with Gasteiger partial charge in [-0.15, -0.1) is 0 Å². The molecule has 0 aliphatic heterocycles. The fraction of sp³-hybridized carbons (Fsp3) is 0.808. The third kappa shape index (κ3) is 13.2. The van der Waals surface area contributed by atoms with E-state index in [1.54, 1.807) is 6.08 Å². The highest BCUT2D eigenvalue weighted by Gasteiger charge is 2.25. The predicted octanol–water partition coefficient (Wildman–Crippen LogP) is 8.17. The number of rotatable bonds is 17. The molecule has 1 saturated carbocycles. The fourth-order valence-corrected chi connectivity index (χ4v) is 4.43. The van der Waals surface area contributed by atoms with Crippen LogP contribution in [0, 0.1) is 11.8 Å². The van der Waals surface area contributed by atoms with Gasteiger partial charge < -0.3 is 4.74 Å². The number of hydrogen-bond acceptors (Lipinski definition) is 2. The lowest BCUT2D eigenvalue weighted by Crippen LogP contribution is -2.07. The molecule has 1 aliphatic rings. The standard InChI is InChI=1S/C26H46O2/c1-3-5-7-9-10-13-18-24-20-17-21-25(24)19-14-11-12-15-22-26(27)28-23-16-8-6-4-2/h11-12,15,22,24-25H,3-10,13-14,16-21,23H2,1-2H3/b12-11+,22-15+/t24-,25-/m0/s1. The summed E-state index contributed by atoms with van der Waals surface area (Å²) in [6.07, 6.45) is 28.8. The van der Waals surface area contributed by atoms with Gasteiger partial charge in [0.25, 0.3) is 0 Å². The van der Waals surface area contributed by atoms with E-state index in [9.17, 15) is 4.79 Å². The number of hydrogen-bond donors (Lipinski definition) is 0. The highest BCUT2D eigenvalue weighted by atomic mass is 16.5. The first-order valence-electron chi connectivity index (χ1n) is 12.3. The van der Waals surface area contributed by atoms with Gasteiger partial charge >= 0.3 is 5.97 Å². The Morgan fingerprint density at radius 3 is 2.21 bits per heavy atom. The summed E-state index contributed by atoms with van der Waals surface area (Å²) in [7, 11) is 0. The van der Waals surface area contributed by atoms with Crippen molar-refractivity contribution in [3.05, 3.63) is 24.3 Å². The van der Waals surface area contributed by atoms with Gasteiger partial charge in [0.05, 0.1) is 6.61 Å². The van der Waals surface area contributed by atoms with Crippen molar-refractivity contribution in [3.8, 4) is 0 Å². The summed E-state index contributed by atoms with van der Waals surface area (Å²) in [4.78, 5) is 11.6. The van der Waals surface area contributed by atoms with E-state index in [0.29, 0.717) is 6.61 Å². The molecule has 0 heterocycles. The van der Waals surface area contributed by atoms with Crippen LogP contribution >= 0.6 is 0 Å². The Balaban J connectivity index is 2.07. The second kappa shape index (κ2) is 18.0. The average molecular weight is 391 g/mol. The minimum absolute atomic E-state index is 0.212. The van der Waals surface area contributed by atoms with Crippen LogP contribution in [0.4, 0.5) is 0 Å². The molecule has 1 rings (SSSR count). The second-order valence-electron chi connectivity index (χ2n) is 8.60. The number of carbonyl (C=O) groups is 1. The summed E-state index contributed by atoms with van der Waals surface area (Å²) in [6.45, 7) is 5.02. The maximum atomic E-state index is 11.6. The Morgan fingerprint density at radius 2 is 1.46 bits per heavy atom. The van der Waals surface area contributed by atoms with Crippen LogP contribution in [0.15, 0.2) is 24.3 Å². The van der Waals surface area contributed by atoms with Crippen molar-refractivity contribution in [1.82, 2.24) is 0 Å². The maximum Gasteiger partial charge on any atom is 0.330 e. The number of carbonyl (C=O) groups excluding carboxylic acids is 1. The van der Waals surface area contributed by atoms with Crippen LogP contribution in [0.2, 0.25) is 0 Å². The third-order valence-corrected chi connectivity index (χ3v) is 6.17. The number of allylic oxidation sites excluding steroid dienone is 3. The van der Waals surface area contributed by atoms with Crippen LogP contribution in [0.1, 0.15) is 117 Å². The minimum Gasteiger partial charge on any atom is -0.463 e. The Kier molecular flexibility index (Phi) is 16.1. The quantitative estimate of drug-likeness (QED) is 0.108. The summed E-state index contributed by atoms with van der Waals surface area (Å²) in [5, 5.41) is 0. The molecule has 2 atom stereocenters. The lowest BCUT2D eigenvalue weighted by molar-refractivity contribution is -0.137. The first kappa shape index (κ1) is 25.0. The molecule has 0 spiro atoms. The first-order chi connectivity index (χ1) is 13.8. The summed E-state index contributed by atoms with van der Waals surface area (Å²) in [5.41, 5.74) is 0. The van der Waals surface area contributed by atoms with Gasteiger partial charge in [-0.3, -0.25) is 0 Å². The molecular formula is C26H46O2. The molecule has 0 bridgehead atoms. The minimum atomic E-state index is -0.212. The van der Waals surface area contributed by atoms with E-state index in [-0.39, 0.29) is 5.97 Å². The van der Waals surface area contributed by atoms with Gasteiger partial charge in [-0.2, -0.15) is 0 Å². The molecule has 0 aromatic rings. The van der Waals surface area contributed by atoms with Crippen LogP contribution < -0.4 is 0 Å². The Hall–Kier alpha value is -1.05. The van der Waals surface area contributed by atoms with Crippen molar-refractivity contribution in [2.75, 3.05) is 6.61 Å². The molecule has 0 aromatic heterocycles. The van der Waals surface area contributed by atoms with Gasteiger partial charge in [-0.1, -0.05) is 116 Å². The van der Waals surface area contributed by atoms with Crippen molar-refractivity contribution < 1.29 is 9.53 Å². The first-order valence-corrected chi connectivity index (χ1v) is 12.3. The van der Waals surface area contributed by atoms with Crippen LogP contribution in [0.3, 0.4) is 0 Å². The average Bonchev–Trinajstić information content (AvgIpc) is 3.14. The molecule has 28 heavy (non-hydrogen) atoms. The van der Waals surface area contributed by atoms with Gasteiger partial charge in [0.2, 0.25) is 0 Å². The highest BCUT2D eigenvalue weighted by molar-refractivity contribution is 5.82. The number of unbranched alkanes of at least 4 members (excludes halogenated alkanes) is 8. The monoisotopic (exact) mass is 390 g/mol. The molecule has 0 radical (unpaired) electrons. The van der Waals surface area contributed by atoms with E-state index < -0.39 is 0 Å². The summed E-state index contributed by atoms with van der Waals surface area (Å²) in [6, 6.07) is 0. The van der Waals surface area contributed by atoms with Crippen LogP contribution in [0.5, 0.6) is 0 Å². The van der Waals surface area contributed by atoms with E-state index in [1.807, 2.05) is 12.2 Å². The molecule has 0 saturated heterocycles. The van der Waals surface area contributed by atoms with Gasteiger partial charge in [0.1, 0.15) is 0 Å². The summed E-state index contributed by atoms with van der Waals surface area (Å²) < 4.78 is 5.20. The Bertz CT molecular complexity index is 424. The molecule has 1 fully saturated rings. The lowest BCUT2D eigenvalue weighted by atomic mass is 9.87. The molecular weight excluding hydrogens is 344 g/mol. The normalized spacial score (nSPS) is 19.8. The number of ether oxygens (including phenoxy) is 1. The van der Waals surface area contributed by atoms with E-state index in [1.165, 1.54) is 83.5 Å². The molecule has 162 valence electrons. The lowest BCUT2D eigenvalue weighted by Gasteiger charge is -2.18. The molecule has 2 nitrogen and oxygen atoms in total. The van der Waals surface area contributed by atoms with Crippen molar-refractivity contribution in [3.63, 3.8) is 0 Å². The van der Waals surface area contributed by atoms with Crippen LogP contribution in [-0.2, 0) is 9.53 Å². The maximum absolute atomic E-state index is 11.6. The molecule has 0 unspecified atom stereocenters. The van der Waals surface area contributed by atoms with Crippen LogP contribution in [0.25, 0.3) is 0 Å². The topological polar surface area (TPSA) is 26.3 Å². The van der Waals surface area contributed by atoms with Gasteiger partial charge in [0, 0.05) is 6.08 Å². The van der Waals surface area contributed by atoms with E-state index in [4.69, 9.17) is 4.74 Å². The third-order valence-electron chi connectivity index (χ3n) is 6.17. The SMILES string of the molecule is CCCCCCCC[C@H]1CCC[C@@H]1CC/C=C/C=C/C(=O)OCCCCCC. The van der Waals surface area contributed by atoms with Crippen molar-refractivity contribution in [2.45, 2.75) is 117 Å². The van der Waals surface area contributed by atoms with Gasteiger partial charge in [-0.25, -0.2) is 4.79 Å². The summed E-state index contributed by atoms with van der Waals surface area (Å²) in [5.74, 6) is 1.69. The van der Waals surface area contributed by atoms with E-state index in [0.717, 1.165) is 31.1 Å². The molecule has 0 amide bonds. The second-order valence-corrected chi connectivity index (χ2v) is 8.60. The largest absolute Gasteiger partial charge is 0.463 e. The van der Waals surface area contributed by atoms with Crippen molar-refractivity contribution in [2.24, 2.45) is 11.8 Å². The smallest absolute Gasteiger partial charge is 0.330 e. The van der Waals surface area contributed by atoms with Gasteiger partial charge in [0.15, 0.2) is 0 Å².